The van der Waals surface area contributed by atoms with Gasteiger partial charge in [-0.3, -0.25) is 18.6 Å². The Balaban J connectivity index is 5.38. The van der Waals surface area contributed by atoms with Crippen molar-refractivity contribution in [3.8, 4) is 0 Å². The van der Waals surface area contributed by atoms with Crippen LogP contribution in [0.1, 0.15) is 258 Å². The number of carbonyl (C=O) groups is 2. The second-order valence-electron chi connectivity index (χ2n) is 20.8. The van der Waals surface area contributed by atoms with E-state index in [1.165, 1.54) is 122 Å². The zero-order valence-corrected chi connectivity index (χ0v) is 47.4. The van der Waals surface area contributed by atoms with Gasteiger partial charge in [-0.15, -0.1) is 0 Å². The number of quaternary nitrogens is 1. The second-order valence-corrected chi connectivity index (χ2v) is 22.2. The fraction of sp³-hybridized carbons (Fsp3) is 0.800. The Morgan fingerprint density at radius 3 is 1.40 bits per heavy atom. The van der Waals surface area contributed by atoms with Crippen LogP contribution in [-0.4, -0.2) is 74.3 Å². The first-order chi connectivity index (χ1) is 33.9. The SMILES string of the molecule is CC/C=C/C/C=C/C/C=C/CCCCCCCCC(=O)NC(COP(=O)(O)OCC[N+](C)(C)C)C(/C=C/CCCCCCCCCCCCC)OC(=O)CCCCCCCCC/C=C\CCCCCC. The molecule has 0 aromatic heterocycles. The van der Waals surface area contributed by atoms with Crippen LogP contribution in [-0.2, 0) is 27.9 Å². The summed E-state index contributed by atoms with van der Waals surface area (Å²) >= 11 is 0. The Labute approximate surface area is 432 Å². The lowest BCUT2D eigenvalue weighted by Gasteiger charge is -2.27. The summed E-state index contributed by atoms with van der Waals surface area (Å²) in [5, 5.41) is 3.04. The molecule has 0 aromatic rings. The monoisotopic (exact) mass is 1000 g/mol. The standard InChI is InChI=1S/C60H111N2O7P/c1-7-10-13-16-19-22-25-28-30-32-34-37-40-43-46-49-52-59(63)61-57(56-68-70(65,66)67-55-54-62(4,5)6)58(51-48-45-42-39-36-33-27-24-21-18-15-12-9-3)69-60(64)53-50-47-44-41-38-35-31-29-26-23-20-17-14-11-8-2/h10,13,19,22-23,26,28,30,48,51,57-58H,7-9,11-12,14-18,20-21,24-25,27,29,31-47,49-50,52-56H2,1-6H3,(H-,61,63,65,66)/p+1/b13-10+,22-19+,26-23-,30-28+,51-48+. The van der Waals surface area contributed by atoms with E-state index in [4.69, 9.17) is 13.8 Å². The van der Waals surface area contributed by atoms with Gasteiger partial charge in [0.1, 0.15) is 19.3 Å². The van der Waals surface area contributed by atoms with Crippen LogP contribution < -0.4 is 5.32 Å². The van der Waals surface area contributed by atoms with Crippen molar-refractivity contribution in [3.63, 3.8) is 0 Å². The number of phosphoric acid groups is 1. The molecule has 9 nitrogen and oxygen atoms in total. The van der Waals surface area contributed by atoms with Crippen LogP contribution in [0.4, 0.5) is 0 Å². The number of unbranched alkanes of at least 4 members (excludes halogenated alkanes) is 28. The Hall–Kier alpha value is -2.29. The molecule has 0 fully saturated rings. The molecule has 1 amide bonds. The summed E-state index contributed by atoms with van der Waals surface area (Å²) < 4.78 is 30.6. The van der Waals surface area contributed by atoms with Crippen LogP contribution in [0.5, 0.6) is 0 Å². The first-order valence-corrected chi connectivity index (χ1v) is 30.6. The molecular weight excluding hydrogens is 892 g/mol. The first kappa shape index (κ1) is 67.7. The maximum Gasteiger partial charge on any atom is 0.472 e. The van der Waals surface area contributed by atoms with Gasteiger partial charge in [-0.1, -0.05) is 217 Å². The van der Waals surface area contributed by atoms with E-state index < -0.39 is 20.0 Å². The van der Waals surface area contributed by atoms with Gasteiger partial charge in [-0.05, 0) is 89.5 Å². The highest BCUT2D eigenvalue weighted by Gasteiger charge is 2.30. The van der Waals surface area contributed by atoms with Crippen molar-refractivity contribution in [3.05, 3.63) is 60.8 Å². The summed E-state index contributed by atoms with van der Waals surface area (Å²) in [5.74, 6) is -0.523. The largest absolute Gasteiger partial charge is 0.472 e. The zero-order chi connectivity index (χ0) is 51.5. The predicted molar refractivity (Wildman–Crippen MR) is 300 cm³/mol. The van der Waals surface area contributed by atoms with Crippen LogP contribution in [0.15, 0.2) is 60.8 Å². The third-order valence-corrected chi connectivity index (χ3v) is 13.7. The molecular formula is C60H112N2O7P+. The van der Waals surface area contributed by atoms with E-state index in [2.05, 4.69) is 74.7 Å². The van der Waals surface area contributed by atoms with Crippen molar-refractivity contribution in [2.75, 3.05) is 40.9 Å². The number of hydrogen-bond acceptors (Lipinski definition) is 6. The highest BCUT2D eigenvalue weighted by molar-refractivity contribution is 7.47. The maximum absolute atomic E-state index is 13.5. The lowest BCUT2D eigenvalue weighted by molar-refractivity contribution is -0.870. The van der Waals surface area contributed by atoms with Crippen molar-refractivity contribution < 1.29 is 37.3 Å². The van der Waals surface area contributed by atoms with Crippen molar-refractivity contribution >= 4 is 19.7 Å². The molecule has 0 aromatic carbocycles. The van der Waals surface area contributed by atoms with Crippen molar-refractivity contribution in [2.45, 2.75) is 270 Å². The Morgan fingerprint density at radius 2 is 0.914 bits per heavy atom. The number of nitrogens with zero attached hydrogens (tertiary/aromatic N) is 1. The molecule has 0 aliphatic heterocycles. The van der Waals surface area contributed by atoms with Gasteiger partial charge in [-0.2, -0.15) is 0 Å². The zero-order valence-electron chi connectivity index (χ0n) is 46.5. The van der Waals surface area contributed by atoms with Gasteiger partial charge >= 0.3 is 13.8 Å². The Kier molecular flexibility index (Phi) is 48.6. The summed E-state index contributed by atoms with van der Waals surface area (Å²) in [6.45, 7) is 6.88. The molecule has 408 valence electrons. The van der Waals surface area contributed by atoms with Gasteiger partial charge in [0.15, 0.2) is 0 Å². The number of hydrogen-bond donors (Lipinski definition) is 2. The topological polar surface area (TPSA) is 111 Å². The second kappa shape index (κ2) is 50.3. The molecule has 70 heavy (non-hydrogen) atoms. The van der Waals surface area contributed by atoms with Gasteiger partial charge in [0.2, 0.25) is 5.91 Å². The molecule has 0 saturated heterocycles. The molecule has 3 atom stereocenters. The molecule has 0 aliphatic rings. The fourth-order valence-corrected chi connectivity index (χ4v) is 8.92. The first-order valence-electron chi connectivity index (χ1n) is 29.1. The minimum absolute atomic E-state index is 0.0356. The molecule has 3 unspecified atom stereocenters. The van der Waals surface area contributed by atoms with E-state index in [1.54, 1.807) is 0 Å². The number of allylic oxidation sites excluding steroid dienone is 9. The van der Waals surface area contributed by atoms with Crippen LogP contribution in [0.25, 0.3) is 0 Å². The van der Waals surface area contributed by atoms with E-state index in [0.717, 1.165) is 103 Å². The highest BCUT2D eigenvalue weighted by Crippen LogP contribution is 2.43. The number of likely N-dealkylation sites (N-methyl/N-ethyl adjacent to an activating group) is 1. The average Bonchev–Trinajstić information content (AvgIpc) is 3.32. The molecule has 0 radical (unpaired) electrons. The summed E-state index contributed by atoms with van der Waals surface area (Å²) in [4.78, 5) is 37.6. The highest BCUT2D eigenvalue weighted by atomic mass is 31.2. The number of esters is 1. The van der Waals surface area contributed by atoms with Gasteiger partial charge in [-0.25, -0.2) is 4.57 Å². The number of ether oxygens (including phenoxy) is 1. The predicted octanol–water partition coefficient (Wildman–Crippen LogP) is 17.5. The lowest BCUT2D eigenvalue weighted by Crippen LogP contribution is -2.47. The quantitative estimate of drug-likeness (QED) is 0.0205. The van der Waals surface area contributed by atoms with Crippen molar-refractivity contribution in [2.24, 2.45) is 0 Å². The smallest absolute Gasteiger partial charge is 0.456 e. The number of amides is 1. The van der Waals surface area contributed by atoms with E-state index in [1.807, 2.05) is 33.3 Å². The molecule has 10 heteroatoms. The normalized spacial score (nSPS) is 14.2. The lowest BCUT2D eigenvalue weighted by atomic mass is 10.0. The van der Waals surface area contributed by atoms with Crippen molar-refractivity contribution in [1.82, 2.24) is 5.32 Å². The van der Waals surface area contributed by atoms with Gasteiger partial charge in [0.25, 0.3) is 0 Å². The average molecular weight is 1000 g/mol. The van der Waals surface area contributed by atoms with E-state index in [-0.39, 0.29) is 31.5 Å². The van der Waals surface area contributed by atoms with Gasteiger partial charge < -0.3 is 19.4 Å². The Morgan fingerprint density at radius 1 is 0.514 bits per heavy atom. The fourth-order valence-electron chi connectivity index (χ4n) is 8.18. The van der Waals surface area contributed by atoms with Crippen LogP contribution in [0.3, 0.4) is 0 Å². The summed E-state index contributed by atoms with van der Waals surface area (Å²) in [5.41, 5.74) is 0. The van der Waals surface area contributed by atoms with Crippen LogP contribution >= 0.6 is 7.82 Å². The van der Waals surface area contributed by atoms with Gasteiger partial charge in [0, 0.05) is 12.8 Å². The summed E-state index contributed by atoms with van der Waals surface area (Å²) in [7, 11) is 1.48. The third-order valence-electron chi connectivity index (χ3n) is 12.7. The molecule has 0 heterocycles. The number of phosphoric ester groups is 1. The molecule has 0 rings (SSSR count). The van der Waals surface area contributed by atoms with E-state index >= 15 is 0 Å². The maximum atomic E-state index is 13.5. The van der Waals surface area contributed by atoms with E-state index in [0.29, 0.717) is 17.4 Å². The number of carbonyl (C=O) groups excluding carboxylic acids is 2. The Bertz CT molecular complexity index is 1390. The van der Waals surface area contributed by atoms with Crippen molar-refractivity contribution in [1.29, 1.82) is 0 Å². The minimum Gasteiger partial charge on any atom is -0.456 e. The summed E-state index contributed by atoms with van der Waals surface area (Å²) in [6.07, 6.45) is 62.0. The molecule has 0 saturated carbocycles. The molecule has 0 spiro atoms. The minimum atomic E-state index is -4.45. The van der Waals surface area contributed by atoms with Gasteiger partial charge in [0.05, 0.1) is 33.8 Å². The summed E-state index contributed by atoms with van der Waals surface area (Å²) in [6, 6.07) is -0.857. The number of rotatable bonds is 52. The molecule has 0 bridgehead atoms. The van der Waals surface area contributed by atoms with Crippen LogP contribution in [0.2, 0.25) is 0 Å². The third kappa shape index (κ3) is 50.6. The van der Waals surface area contributed by atoms with E-state index in [9.17, 15) is 19.0 Å². The molecule has 2 N–H and O–H groups in total. The number of nitrogens with one attached hydrogen (secondary N) is 1. The molecule has 0 aliphatic carbocycles. The van der Waals surface area contributed by atoms with Crippen LogP contribution in [0, 0.1) is 0 Å².